The number of nitrogens with one attached hydrogen (secondary N) is 2. The summed E-state index contributed by atoms with van der Waals surface area (Å²) < 4.78 is 5.31. The monoisotopic (exact) mass is 361 g/mol. The third-order valence-corrected chi connectivity index (χ3v) is 4.44. The fraction of sp³-hybridized carbons (Fsp3) is 0.579. The quantitative estimate of drug-likeness (QED) is 0.452. The van der Waals surface area contributed by atoms with E-state index in [4.69, 9.17) is 4.74 Å². The van der Waals surface area contributed by atoms with Crippen LogP contribution in [0.5, 0.6) is 5.75 Å². The Labute approximate surface area is 156 Å². The molecule has 2 rings (SSSR count). The van der Waals surface area contributed by atoms with E-state index in [1.165, 1.54) is 5.69 Å². The molecule has 7 nitrogen and oxygen atoms in total. The van der Waals surface area contributed by atoms with Gasteiger partial charge in [-0.3, -0.25) is 9.79 Å². The maximum Gasteiger partial charge on any atom is 0.222 e. The van der Waals surface area contributed by atoms with Crippen molar-refractivity contribution < 1.29 is 9.53 Å². The lowest BCUT2D eigenvalue weighted by molar-refractivity contribution is -0.123. The Morgan fingerprint density at radius 3 is 2.50 bits per heavy atom. The molecule has 0 radical (unpaired) electrons. The van der Waals surface area contributed by atoms with Gasteiger partial charge in [-0.05, 0) is 12.1 Å². The molecule has 2 N–H and O–H groups in total. The number of hydrogen-bond acceptors (Lipinski definition) is 4. The summed E-state index contributed by atoms with van der Waals surface area (Å²) in [4.78, 5) is 20.6. The standard InChI is InChI=1S/C19H31N5O2/c1-15(2)18(25)21-8-9-22-19(20-3)24-12-10-23(11-13-24)16-6-5-7-17(14-16)26-4/h5-7,14-15H,8-13H2,1-4H3,(H,20,22)(H,21,25). The molecule has 1 fully saturated rings. The van der Waals surface area contributed by atoms with Crippen LogP contribution in [0, 0.1) is 5.92 Å². The highest BCUT2D eigenvalue weighted by Crippen LogP contribution is 2.22. The number of methoxy groups -OCH3 is 1. The summed E-state index contributed by atoms with van der Waals surface area (Å²) in [5.41, 5.74) is 1.18. The zero-order valence-electron chi connectivity index (χ0n) is 16.3. The number of ether oxygens (including phenoxy) is 1. The third-order valence-electron chi connectivity index (χ3n) is 4.44. The molecule has 1 aliphatic heterocycles. The maximum atomic E-state index is 11.6. The number of anilines is 1. The number of amides is 1. The molecular formula is C19H31N5O2. The minimum Gasteiger partial charge on any atom is -0.497 e. The van der Waals surface area contributed by atoms with E-state index in [0.29, 0.717) is 13.1 Å². The van der Waals surface area contributed by atoms with E-state index in [0.717, 1.165) is 37.9 Å². The second-order valence-electron chi connectivity index (χ2n) is 6.60. The van der Waals surface area contributed by atoms with Gasteiger partial charge in [0.05, 0.1) is 7.11 Å². The summed E-state index contributed by atoms with van der Waals surface area (Å²) in [5, 5.41) is 6.24. The molecule has 144 valence electrons. The summed E-state index contributed by atoms with van der Waals surface area (Å²) in [6, 6.07) is 8.17. The molecule has 1 aromatic rings. The van der Waals surface area contributed by atoms with Crippen LogP contribution in [0.25, 0.3) is 0 Å². The minimum atomic E-state index is 0.0130. The van der Waals surface area contributed by atoms with Gasteiger partial charge in [0, 0.05) is 64.0 Å². The smallest absolute Gasteiger partial charge is 0.222 e. The number of piperazine rings is 1. The molecule has 0 aliphatic carbocycles. The molecule has 1 saturated heterocycles. The fourth-order valence-corrected chi connectivity index (χ4v) is 2.88. The Morgan fingerprint density at radius 1 is 1.19 bits per heavy atom. The van der Waals surface area contributed by atoms with Crippen molar-refractivity contribution in [2.24, 2.45) is 10.9 Å². The lowest BCUT2D eigenvalue weighted by Gasteiger charge is -2.37. The molecule has 0 spiro atoms. The number of hydrogen-bond donors (Lipinski definition) is 2. The van der Waals surface area contributed by atoms with Crippen LogP contribution in [0.4, 0.5) is 5.69 Å². The largest absolute Gasteiger partial charge is 0.497 e. The number of carbonyl (C=O) groups is 1. The predicted molar refractivity (Wildman–Crippen MR) is 106 cm³/mol. The molecule has 1 heterocycles. The molecule has 0 atom stereocenters. The number of benzene rings is 1. The van der Waals surface area contributed by atoms with Crippen molar-refractivity contribution in [1.82, 2.24) is 15.5 Å². The molecule has 0 bridgehead atoms. The number of aliphatic imine (C=N–C) groups is 1. The zero-order chi connectivity index (χ0) is 18.9. The SMILES string of the molecule is CN=C(NCCNC(=O)C(C)C)N1CCN(c2cccc(OC)c2)CC1. The number of guanidine groups is 1. The van der Waals surface area contributed by atoms with E-state index < -0.39 is 0 Å². The number of rotatable bonds is 6. The Balaban J connectivity index is 1.79. The van der Waals surface area contributed by atoms with Crippen molar-refractivity contribution in [2.45, 2.75) is 13.8 Å². The van der Waals surface area contributed by atoms with Gasteiger partial charge >= 0.3 is 0 Å². The van der Waals surface area contributed by atoms with Crippen LogP contribution < -0.4 is 20.3 Å². The first-order chi connectivity index (χ1) is 12.5. The Kier molecular flexibility index (Phi) is 7.56. The summed E-state index contributed by atoms with van der Waals surface area (Å²) in [6.07, 6.45) is 0. The maximum absolute atomic E-state index is 11.6. The van der Waals surface area contributed by atoms with Gasteiger partial charge in [-0.15, -0.1) is 0 Å². The van der Waals surface area contributed by atoms with Gasteiger partial charge in [-0.25, -0.2) is 0 Å². The molecular weight excluding hydrogens is 330 g/mol. The van der Waals surface area contributed by atoms with Crippen molar-refractivity contribution in [1.29, 1.82) is 0 Å². The summed E-state index contributed by atoms with van der Waals surface area (Å²) in [7, 11) is 3.49. The molecule has 7 heteroatoms. The van der Waals surface area contributed by atoms with Gasteiger partial charge < -0.3 is 25.2 Å². The van der Waals surface area contributed by atoms with E-state index in [1.807, 2.05) is 26.0 Å². The molecule has 1 amide bonds. The van der Waals surface area contributed by atoms with Gasteiger partial charge in [0.1, 0.15) is 5.75 Å². The lowest BCUT2D eigenvalue weighted by Crippen LogP contribution is -2.53. The summed E-state index contributed by atoms with van der Waals surface area (Å²) in [6.45, 7) is 8.70. The first-order valence-corrected chi connectivity index (χ1v) is 9.17. The third kappa shape index (κ3) is 5.54. The summed E-state index contributed by atoms with van der Waals surface area (Å²) >= 11 is 0. The fourth-order valence-electron chi connectivity index (χ4n) is 2.88. The molecule has 1 aliphatic rings. The second kappa shape index (κ2) is 9.89. The van der Waals surface area contributed by atoms with Crippen molar-refractivity contribution in [2.75, 3.05) is 58.3 Å². The minimum absolute atomic E-state index is 0.0130. The highest BCUT2D eigenvalue weighted by molar-refractivity contribution is 5.80. The van der Waals surface area contributed by atoms with Gasteiger partial charge in [0.15, 0.2) is 5.96 Å². The zero-order valence-corrected chi connectivity index (χ0v) is 16.3. The molecule has 0 aromatic heterocycles. The van der Waals surface area contributed by atoms with Crippen LogP contribution in [0.15, 0.2) is 29.3 Å². The van der Waals surface area contributed by atoms with E-state index in [2.05, 4.69) is 37.6 Å². The first-order valence-electron chi connectivity index (χ1n) is 9.17. The Bertz CT molecular complexity index is 610. The molecule has 26 heavy (non-hydrogen) atoms. The Morgan fingerprint density at radius 2 is 1.88 bits per heavy atom. The van der Waals surface area contributed by atoms with Crippen molar-refractivity contribution in [3.8, 4) is 5.75 Å². The highest BCUT2D eigenvalue weighted by Gasteiger charge is 2.20. The van der Waals surface area contributed by atoms with E-state index in [9.17, 15) is 4.79 Å². The second-order valence-corrected chi connectivity index (χ2v) is 6.60. The number of carbonyl (C=O) groups excluding carboxylic acids is 1. The lowest BCUT2D eigenvalue weighted by atomic mass is 10.2. The van der Waals surface area contributed by atoms with Gasteiger partial charge in [0.25, 0.3) is 0 Å². The van der Waals surface area contributed by atoms with E-state index >= 15 is 0 Å². The summed E-state index contributed by atoms with van der Waals surface area (Å²) in [5.74, 6) is 1.85. The van der Waals surface area contributed by atoms with Crippen LogP contribution in [0.2, 0.25) is 0 Å². The normalized spacial score (nSPS) is 15.2. The number of nitrogens with zero attached hydrogens (tertiary/aromatic N) is 3. The average molecular weight is 361 g/mol. The first kappa shape index (κ1) is 19.9. The molecule has 1 aromatic carbocycles. The van der Waals surface area contributed by atoms with Crippen LogP contribution in [-0.4, -0.2) is 70.2 Å². The Hall–Kier alpha value is -2.44. The van der Waals surface area contributed by atoms with Crippen molar-refractivity contribution >= 4 is 17.6 Å². The van der Waals surface area contributed by atoms with Gasteiger partial charge in [-0.2, -0.15) is 0 Å². The van der Waals surface area contributed by atoms with Crippen molar-refractivity contribution in [3.63, 3.8) is 0 Å². The van der Waals surface area contributed by atoms with Crippen LogP contribution in [0.3, 0.4) is 0 Å². The van der Waals surface area contributed by atoms with Crippen molar-refractivity contribution in [3.05, 3.63) is 24.3 Å². The van der Waals surface area contributed by atoms with E-state index in [-0.39, 0.29) is 11.8 Å². The van der Waals surface area contributed by atoms with Crippen LogP contribution in [-0.2, 0) is 4.79 Å². The van der Waals surface area contributed by atoms with Crippen LogP contribution in [0.1, 0.15) is 13.8 Å². The topological polar surface area (TPSA) is 69.2 Å². The molecule has 0 unspecified atom stereocenters. The average Bonchev–Trinajstić information content (AvgIpc) is 2.68. The highest BCUT2D eigenvalue weighted by atomic mass is 16.5. The molecule has 0 saturated carbocycles. The van der Waals surface area contributed by atoms with Gasteiger partial charge in [-0.1, -0.05) is 19.9 Å². The van der Waals surface area contributed by atoms with Gasteiger partial charge in [0.2, 0.25) is 5.91 Å². The van der Waals surface area contributed by atoms with Crippen LogP contribution >= 0.6 is 0 Å². The van der Waals surface area contributed by atoms with E-state index in [1.54, 1.807) is 14.2 Å². The predicted octanol–water partition coefficient (Wildman–Crippen LogP) is 1.16.